The molecule has 0 saturated carbocycles. The van der Waals surface area contributed by atoms with E-state index in [1.807, 2.05) is 13.8 Å². The van der Waals surface area contributed by atoms with Crippen molar-refractivity contribution in [2.24, 2.45) is 5.73 Å². The number of benzene rings is 2. The molecule has 194 valence electrons. The summed E-state index contributed by atoms with van der Waals surface area (Å²) in [6.07, 6.45) is 2.64. The zero-order chi connectivity index (χ0) is 27.4. The molecule has 2 amide bonds. The Kier molecular flexibility index (Phi) is 13.1. The van der Waals surface area contributed by atoms with E-state index in [0.717, 1.165) is 13.0 Å². The number of aromatic nitrogens is 1. The van der Waals surface area contributed by atoms with Gasteiger partial charge in [0.1, 0.15) is 11.6 Å². The van der Waals surface area contributed by atoms with Crippen molar-refractivity contribution in [2.75, 3.05) is 25.7 Å². The van der Waals surface area contributed by atoms with Crippen LogP contribution in [0.2, 0.25) is 10.0 Å². The Morgan fingerprint density at radius 3 is 2.28 bits per heavy atom. The van der Waals surface area contributed by atoms with Crippen molar-refractivity contribution in [1.29, 1.82) is 0 Å². The highest BCUT2D eigenvalue weighted by molar-refractivity contribution is 6.34. The molecule has 0 saturated heterocycles. The topological polar surface area (TPSA) is 85.5 Å². The van der Waals surface area contributed by atoms with Crippen molar-refractivity contribution in [3.63, 3.8) is 0 Å². The second kappa shape index (κ2) is 15.2. The Morgan fingerprint density at radius 2 is 1.78 bits per heavy atom. The molecular weight excluding hydrogens is 504 g/mol. The van der Waals surface area contributed by atoms with Crippen molar-refractivity contribution < 1.29 is 18.7 Å². The van der Waals surface area contributed by atoms with Gasteiger partial charge in [-0.3, -0.25) is 14.5 Å². The Hall–Kier alpha value is -3.00. The number of methoxy groups -OCH3 is 1. The van der Waals surface area contributed by atoms with E-state index in [1.54, 1.807) is 32.2 Å². The van der Waals surface area contributed by atoms with Crippen LogP contribution in [0.25, 0.3) is 11.1 Å². The molecule has 0 spiro atoms. The number of ether oxygens (including phenoxy) is 1. The smallest absolute Gasteiger partial charge is 0.263 e. The minimum atomic E-state index is -0.710. The van der Waals surface area contributed by atoms with Crippen LogP contribution in [0.1, 0.15) is 53.5 Å². The average Bonchev–Trinajstić information content (AvgIpc) is 2.85. The molecule has 0 aliphatic heterocycles. The predicted molar refractivity (Wildman–Crippen MR) is 146 cm³/mol. The minimum Gasteiger partial charge on any atom is -0.385 e. The molecule has 2 aromatic carbocycles. The molecule has 0 aliphatic carbocycles. The number of nitrogens with zero attached hydrogens (tertiary/aromatic N) is 2. The number of primary amides is 1. The summed E-state index contributed by atoms with van der Waals surface area (Å²) >= 11 is 12.3. The van der Waals surface area contributed by atoms with Gasteiger partial charge in [-0.1, -0.05) is 50.0 Å². The highest BCUT2D eigenvalue weighted by Gasteiger charge is 2.23. The van der Waals surface area contributed by atoms with Crippen molar-refractivity contribution in [2.45, 2.75) is 34.1 Å². The molecule has 36 heavy (non-hydrogen) atoms. The van der Waals surface area contributed by atoms with E-state index in [-0.39, 0.29) is 10.6 Å². The molecule has 0 bridgehead atoms. The highest BCUT2D eigenvalue weighted by atomic mass is 35.5. The monoisotopic (exact) mass is 535 g/mol. The fourth-order valence-electron chi connectivity index (χ4n) is 3.14. The Morgan fingerprint density at radius 1 is 1.11 bits per heavy atom. The van der Waals surface area contributed by atoms with Crippen LogP contribution < -0.4 is 10.6 Å². The van der Waals surface area contributed by atoms with Crippen molar-refractivity contribution in [3.8, 4) is 11.1 Å². The van der Waals surface area contributed by atoms with Gasteiger partial charge < -0.3 is 10.5 Å². The van der Waals surface area contributed by atoms with E-state index in [1.165, 1.54) is 42.4 Å². The standard InChI is InChI=1S/C21H16Cl2FN3O2.C4H10O.C2H6/c1-11-8-13(14-9-12(19(25)28)6-7-15(14)22)10-26-20(11)27(2)21(29)18-16(23)4-3-5-17(18)24;1-3-4-5-2;1-2/h3-10H,1-2H3,(H2,25,28);3-4H2,1-2H3;1-2H3. The van der Waals surface area contributed by atoms with Crippen molar-refractivity contribution >= 4 is 40.8 Å². The minimum absolute atomic E-state index is 0.0196. The van der Waals surface area contributed by atoms with Gasteiger partial charge in [0.15, 0.2) is 0 Å². The lowest BCUT2D eigenvalue weighted by atomic mass is 10.0. The molecule has 0 fully saturated rings. The summed E-state index contributed by atoms with van der Waals surface area (Å²) in [5, 5.41) is 0.442. The van der Waals surface area contributed by atoms with E-state index in [4.69, 9.17) is 33.7 Å². The summed E-state index contributed by atoms with van der Waals surface area (Å²) in [7, 11) is 3.20. The SMILES string of the molecule is CC.CCCOC.Cc1cc(-c2cc(C(N)=O)ccc2Cl)cnc1N(C)C(=O)c1c(F)cccc1Cl. The molecule has 1 aromatic heterocycles. The third-order valence-electron chi connectivity index (χ3n) is 4.82. The highest BCUT2D eigenvalue weighted by Crippen LogP contribution is 2.31. The van der Waals surface area contributed by atoms with Gasteiger partial charge in [-0.2, -0.15) is 0 Å². The van der Waals surface area contributed by atoms with Crippen LogP contribution in [0.5, 0.6) is 0 Å². The maximum Gasteiger partial charge on any atom is 0.263 e. The third-order valence-corrected chi connectivity index (χ3v) is 5.46. The number of carbonyl (C=O) groups excluding carboxylic acids is 2. The van der Waals surface area contributed by atoms with Crippen molar-refractivity contribution in [1.82, 2.24) is 4.98 Å². The second-order valence-electron chi connectivity index (χ2n) is 7.38. The number of nitrogens with two attached hydrogens (primary N) is 1. The first-order valence-electron chi connectivity index (χ1n) is 11.4. The maximum absolute atomic E-state index is 14.1. The molecule has 6 nitrogen and oxygen atoms in total. The van der Waals surface area contributed by atoms with Gasteiger partial charge in [0.25, 0.3) is 5.91 Å². The molecule has 3 rings (SSSR count). The Bertz CT molecular complexity index is 1170. The molecule has 9 heteroatoms. The van der Waals surface area contributed by atoms with Crippen LogP contribution in [-0.2, 0) is 4.74 Å². The molecule has 1 heterocycles. The van der Waals surface area contributed by atoms with E-state index >= 15 is 0 Å². The van der Waals surface area contributed by atoms with Crippen LogP contribution >= 0.6 is 23.2 Å². The Labute approximate surface area is 222 Å². The molecule has 0 radical (unpaired) electrons. The number of amides is 2. The zero-order valence-corrected chi connectivity index (χ0v) is 22.9. The zero-order valence-electron chi connectivity index (χ0n) is 21.4. The lowest BCUT2D eigenvalue weighted by molar-refractivity contribution is 0.0984. The first-order chi connectivity index (χ1) is 17.1. The third kappa shape index (κ3) is 8.01. The fraction of sp³-hybridized carbons (Fsp3) is 0.296. The number of rotatable bonds is 6. The normalized spacial score (nSPS) is 9.92. The van der Waals surface area contributed by atoms with Gasteiger partial charge in [0.05, 0.1) is 10.6 Å². The number of aryl methyl sites for hydroxylation is 1. The molecule has 0 aliphatic rings. The lowest BCUT2D eigenvalue weighted by Crippen LogP contribution is -2.29. The van der Waals surface area contributed by atoms with Crippen LogP contribution in [0.15, 0.2) is 48.7 Å². The summed E-state index contributed by atoms with van der Waals surface area (Å²) in [6.45, 7) is 8.73. The maximum atomic E-state index is 14.1. The van der Waals surface area contributed by atoms with Crippen LogP contribution in [0.3, 0.4) is 0 Å². The van der Waals surface area contributed by atoms with Gasteiger partial charge in [-0.15, -0.1) is 0 Å². The Balaban J connectivity index is 0.000000826. The number of hydrogen-bond donors (Lipinski definition) is 1. The van der Waals surface area contributed by atoms with Crippen LogP contribution in [0.4, 0.5) is 10.2 Å². The van der Waals surface area contributed by atoms with Gasteiger partial charge in [-0.05, 0) is 55.3 Å². The van der Waals surface area contributed by atoms with Gasteiger partial charge >= 0.3 is 0 Å². The van der Waals surface area contributed by atoms with Crippen LogP contribution in [-0.4, -0.2) is 37.6 Å². The predicted octanol–water partition coefficient (Wildman–Crippen LogP) is 6.95. The van der Waals surface area contributed by atoms with E-state index in [0.29, 0.717) is 33.1 Å². The molecule has 0 atom stereocenters. The lowest BCUT2D eigenvalue weighted by Gasteiger charge is -2.20. The van der Waals surface area contributed by atoms with E-state index < -0.39 is 17.6 Å². The largest absolute Gasteiger partial charge is 0.385 e. The summed E-state index contributed by atoms with van der Waals surface area (Å²) in [6, 6.07) is 10.5. The molecular formula is C27H32Cl2FN3O3. The number of carbonyl (C=O) groups is 2. The first kappa shape index (κ1) is 31.0. The van der Waals surface area contributed by atoms with Gasteiger partial charge in [0, 0.05) is 48.7 Å². The quantitative estimate of drug-likeness (QED) is 0.370. The number of anilines is 1. The number of hydrogen-bond acceptors (Lipinski definition) is 4. The van der Waals surface area contributed by atoms with E-state index in [9.17, 15) is 14.0 Å². The van der Waals surface area contributed by atoms with Crippen LogP contribution in [0, 0.1) is 12.7 Å². The molecule has 0 unspecified atom stereocenters. The van der Waals surface area contributed by atoms with Gasteiger partial charge in [0.2, 0.25) is 5.91 Å². The first-order valence-corrected chi connectivity index (χ1v) is 12.1. The molecule has 2 N–H and O–H groups in total. The summed E-state index contributed by atoms with van der Waals surface area (Å²) in [4.78, 5) is 29.8. The average molecular weight is 536 g/mol. The van der Waals surface area contributed by atoms with Crippen molar-refractivity contribution in [3.05, 3.63) is 81.2 Å². The van der Waals surface area contributed by atoms with E-state index in [2.05, 4.69) is 11.9 Å². The summed E-state index contributed by atoms with van der Waals surface area (Å²) in [5.41, 5.74) is 7.29. The van der Waals surface area contributed by atoms with Gasteiger partial charge in [-0.25, -0.2) is 9.37 Å². The summed E-state index contributed by atoms with van der Waals surface area (Å²) in [5.74, 6) is -1.57. The fourth-order valence-corrected chi connectivity index (χ4v) is 3.61. The second-order valence-corrected chi connectivity index (χ2v) is 8.19. The summed E-state index contributed by atoms with van der Waals surface area (Å²) < 4.78 is 18.8. The number of halogens is 3. The molecule has 3 aromatic rings. The number of pyridine rings is 1.